The number of para-hydroxylation sites is 1. The van der Waals surface area contributed by atoms with E-state index in [1.54, 1.807) is 7.11 Å². The third-order valence-electron chi connectivity index (χ3n) is 2.80. The van der Waals surface area contributed by atoms with E-state index < -0.39 is 0 Å². The van der Waals surface area contributed by atoms with Crippen LogP contribution in [0.25, 0.3) is 0 Å². The van der Waals surface area contributed by atoms with E-state index in [9.17, 15) is 0 Å². The molecule has 2 heteroatoms. The van der Waals surface area contributed by atoms with Crippen molar-refractivity contribution in [3.05, 3.63) is 42.5 Å². The van der Waals surface area contributed by atoms with E-state index in [1.807, 2.05) is 37.3 Å². The molecule has 0 fully saturated rings. The molecular formula is C14H20O2. The summed E-state index contributed by atoms with van der Waals surface area (Å²) < 4.78 is 11.1. The summed E-state index contributed by atoms with van der Waals surface area (Å²) in [6.45, 7) is 8.61. The first kappa shape index (κ1) is 12.8. The van der Waals surface area contributed by atoms with E-state index in [0.717, 1.165) is 11.3 Å². The van der Waals surface area contributed by atoms with Crippen LogP contribution < -0.4 is 4.74 Å². The van der Waals surface area contributed by atoms with Gasteiger partial charge in [0.2, 0.25) is 0 Å². The normalized spacial score (nSPS) is 14.2. The van der Waals surface area contributed by atoms with Crippen LogP contribution in [-0.4, -0.2) is 19.8 Å². The standard InChI is InChI=1S/C14H20O2/c1-11(2)12(3)14(15-4)10-16-13-8-6-5-7-9-13/h5-9,12,14H,1,10H2,2-4H3/t12-,14-/m0/s1. The van der Waals surface area contributed by atoms with Gasteiger partial charge in [0.15, 0.2) is 0 Å². The number of benzene rings is 1. The Morgan fingerprint density at radius 2 is 1.94 bits per heavy atom. The average Bonchev–Trinajstić information content (AvgIpc) is 2.30. The molecule has 0 aliphatic heterocycles. The van der Waals surface area contributed by atoms with Crippen LogP contribution in [0.3, 0.4) is 0 Å². The van der Waals surface area contributed by atoms with Gasteiger partial charge in [-0.05, 0) is 19.1 Å². The van der Waals surface area contributed by atoms with Gasteiger partial charge >= 0.3 is 0 Å². The second kappa shape index (κ2) is 6.33. The van der Waals surface area contributed by atoms with Crippen molar-refractivity contribution in [2.45, 2.75) is 20.0 Å². The summed E-state index contributed by atoms with van der Waals surface area (Å²) in [5, 5.41) is 0. The second-order valence-corrected chi connectivity index (χ2v) is 4.03. The van der Waals surface area contributed by atoms with Crippen molar-refractivity contribution in [1.29, 1.82) is 0 Å². The predicted molar refractivity (Wildman–Crippen MR) is 66.7 cm³/mol. The van der Waals surface area contributed by atoms with Crippen molar-refractivity contribution in [3.8, 4) is 5.75 Å². The molecule has 0 heterocycles. The molecule has 0 bridgehead atoms. The first-order valence-electron chi connectivity index (χ1n) is 5.51. The number of rotatable bonds is 6. The molecule has 88 valence electrons. The second-order valence-electron chi connectivity index (χ2n) is 4.03. The maximum absolute atomic E-state index is 5.66. The van der Waals surface area contributed by atoms with Gasteiger partial charge in [-0.15, -0.1) is 0 Å². The molecule has 0 unspecified atom stereocenters. The Labute approximate surface area is 97.9 Å². The summed E-state index contributed by atoms with van der Waals surface area (Å²) in [4.78, 5) is 0. The molecule has 2 atom stereocenters. The van der Waals surface area contributed by atoms with Crippen LogP contribution in [-0.2, 0) is 4.74 Å². The van der Waals surface area contributed by atoms with Gasteiger partial charge in [-0.3, -0.25) is 0 Å². The highest BCUT2D eigenvalue weighted by molar-refractivity contribution is 5.21. The lowest BCUT2D eigenvalue weighted by Crippen LogP contribution is -2.28. The maximum Gasteiger partial charge on any atom is 0.119 e. The van der Waals surface area contributed by atoms with Crippen LogP contribution in [0.15, 0.2) is 42.5 Å². The van der Waals surface area contributed by atoms with Gasteiger partial charge in [0.05, 0.1) is 6.10 Å². The minimum absolute atomic E-state index is 0.0534. The maximum atomic E-state index is 5.66. The molecule has 1 rings (SSSR count). The van der Waals surface area contributed by atoms with Gasteiger partial charge in [-0.2, -0.15) is 0 Å². The Morgan fingerprint density at radius 3 is 2.44 bits per heavy atom. The highest BCUT2D eigenvalue weighted by Gasteiger charge is 2.17. The fourth-order valence-corrected chi connectivity index (χ4v) is 1.43. The predicted octanol–water partition coefficient (Wildman–Crippen LogP) is 3.29. The zero-order chi connectivity index (χ0) is 12.0. The zero-order valence-corrected chi connectivity index (χ0v) is 10.3. The Morgan fingerprint density at radius 1 is 1.31 bits per heavy atom. The fourth-order valence-electron chi connectivity index (χ4n) is 1.43. The lowest BCUT2D eigenvalue weighted by molar-refractivity contribution is 0.0311. The molecule has 0 amide bonds. The molecule has 0 N–H and O–H groups in total. The number of methoxy groups -OCH3 is 1. The first-order valence-corrected chi connectivity index (χ1v) is 5.51. The summed E-state index contributed by atoms with van der Waals surface area (Å²) >= 11 is 0. The van der Waals surface area contributed by atoms with Crippen molar-refractivity contribution in [1.82, 2.24) is 0 Å². The van der Waals surface area contributed by atoms with Gasteiger partial charge in [-0.25, -0.2) is 0 Å². The van der Waals surface area contributed by atoms with Crippen molar-refractivity contribution in [3.63, 3.8) is 0 Å². The zero-order valence-electron chi connectivity index (χ0n) is 10.3. The smallest absolute Gasteiger partial charge is 0.119 e. The fraction of sp³-hybridized carbons (Fsp3) is 0.429. The Hall–Kier alpha value is -1.28. The average molecular weight is 220 g/mol. The molecule has 16 heavy (non-hydrogen) atoms. The highest BCUT2D eigenvalue weighted by Crippen LogP contribution is 2.17. The summed E-state index contributed by atoms with van der Waals surface area (Å²) in [6.07, 6.45) is 0.0534. The van der Waals surface area contributed by atoms with Crippen LogP contribution in [0, 0.1) is 5.92 Å². The summed E-state index contributed by atoms with van der Waals surface area (Å²) in [6, 6.07) is 9.77. The Balaban J connectivity index is 2.49. The minimum atomic E-state index is 0.0534. The number of hydrogen-bond donors (Lipinski definition) is 0. The van der Waals surface area contributed by atoms with Crippen molar-refractivity contribution < 1.29 is 9.47 Å². The minimum Gasteiger partial charge on any atom is -0.491 e. The molecule has 0 aliphatic carbocycles. The van der Waals surface area contributed by atoms with Crippen molar-refractivity contribution in [2.75, 3.05) is 13.7 Å². The van der Waals surface area contributed by atoms with Gasteiger partial charge in [0, 0.05) is 13.0 Å². The van der Waals surface area contributed by atoms with Crippen LogP contribution in [0.1, 0.15) is 13.8 Å². The summed E-state index contributed by atoms with van der Waals surface area (Å²) in [7, 11) is 1.71. The summed E-state index contributed by atoms with van der Waals surface area (Å²) in [5.74, 6) is 1.17. The lowest BCUT2D eigenvalue weighted by Gasteiger charge is -2.23. The molecule has 1 aromatic rings. The largest absolute Gasteiger partial charge is 0.491 e. The van der Waals surface area contributed by atoms with E-state index >= 15 is 0 Å². The van der Waals surface area contributed by atoms with Gasteiger partial charge < -0.3 is 9.47 Å². The van der Waals surface area contributed by atoms with Gasteiger partial charge in [0.25, 0.3) is 0 Å². The molecule has 1 aromatic carbocycles. The van der Waals surface area contributed by atoms with Gasteiger partial charge in [0.1, 0.15) is 12.4 Å². The molecule has 0 saturated carbocycles. The van der Waals surface area contributed by atoms with E-state index in [0.29, 0.717) is 12.5 Å². The quantitative estimate of drug-likeness (QED) is 0.685. The van der Waals surface area contributed by atoms with Crippen LogP contribution in [0.5, 0.6) is 5.75 Å². The molecule has 0 radical (unpaired) electrons. The molecular weight excluding hydrogens is 200 g/mol. The third kappa shape index (κ3) is 3.70. The molecule has 0 saturated heterocycles. The topological polar surface area (TPSA) is 18.5 Å². The molecule has 0 spiro atoms. The van der Waals surface area contributed by atoms with Crippen molar-refractivity contribution >= 4 is 0 Å². The van der Waals surface area contributed by atoms with Crippen LogP contribution >= 0.6 is 0 Å². The van der Waals surface area contributed by atoms with E-state index in [1.165, 1.54) is 0 Å². The van der Waals surface area contributed by atoms with E-state index in [4.69, 9.17) is 9.47 Å². The van der Waals surface area contributed by atoms with Crippen LogP contribution in [0.2, 0.25) is 0 Å². The Kier molecular flexibility index (Phi) is 5.06. The summed E-state index contributed by atoms with van der Waals surface area (Å²) in [5.41, 5.74) is 1.11. The van der Waals surface area contributed by atoms with E-state index in [2.05, 4.69) is 13.5 Å². The monoisotopic (exact) mass is 220 g/mol. The lowest BCUT2D eigenvalue weighted by atomic mass is 9.98. The molecule has 0 aliphatic rings. The van der Waals surface area contributed by atoms with Gasteiger partial charge in [-0.1, -0.05) is 37.3 Å². The van der Waals surface area contributed by atoms with E-state index in [-0.39, 0.29) is 6.10 Å². The van der Waals surface area contributed by atoms with Crippen molar-refractivity contribution in [2.24, 2.45) is 5.92 Å². The highest BCUT2D eigenvalue weighted by atomic mass is 16.5. The number of ether oxygens (including phenoxy) is 2. The number of hydrogen-bond acceptors (Lipinski definition) is 2. The molecule has 0 aromatic heterocycles. The van der Waals surface area contributed by atoms with Crippen LogP contribution in [0.4, 0.5) is 0 Å². The Bertz CT molecular complexity index is 319. The third-order valence-corrected chi connectivity index (χ3v) is 2.80. The first-order chi connectivity index (χ1) is 7.65. The SMILES string of the molecule is C=C(C)[C@H](C)[C@H](COc1ccccc1)OC. The molecule has 2 nitrogen and oxygen atoms in total.